The van der Waals surface area contributed by atoms with Crippen molar-refractivity contribution in [3.63, 3.8) is 0 Å². The van der Waals surface area contributed by atoms with E-state index in [4.69, 9.17) is 0 Å². The number of hydrogen-bond acceptors (Lipinski definition) is 6. The van der Waals surface area contributed by atoms with Gasteiger partial charge in [-0.3, -0.25) is 19.8 Å². The van der Waals surface area contributed by atoms with Crippen molar-refractivity contribution in [3.05, 3.63) is 69.8 Å². The first-order valence-electron chi connectivity index (χ1n) is 14.8. The minimum Gasteiger partial charge on any atom is -0.376 e. The number of fused-ring (bicyclic) bond motifs is 2. The van der Waals surface area contributed by atoms with Gasteiger partial charge in [0.25, 0.3) is 11.8 Å². The molecule has 2 aromatic carbocycles. The van der Waals surface area contributed by atoms with Gasteiger partial charge in [0, 0.05) is 59.0 Å². The SMILES string of the molecule is CNC(=N)C1(C[C@H](C)NCC(=O)N2CCCC2C#N)c2ccc(C(=O)N(C)C)cc2CCc2cc(C(=O)N(C)C)ccc21. The van der Waals surface area contributed by atoms with Gasteiger partial charge in [0.05, 0.1) is 18.0 Å². The van der Waals surface area contributed by atoms with Crippen molar-refractivity contribution in [2.24, 2.45) is 0 Å². The van der Waals surface area contributed by atoms with Gasteiger partial charge < -0.3 is 25.3 Å². The molecular weight excluding hydrogens is 542 g/mol. The number of nitriles is 1. The minimum atomic E-state index is -0.937. The Balaban J connectivity index is 1.80. The first kappa shape index (κ1) is 31.7. The van der Waals surface area contributed by atoms with Crippen LogP contribution < -0.4 is 10.6 Å². The summed E-state index contributed by atoms with van der Waals surface area (Å²) < 4.78 is 0. The van der Waals surface area contributed by atoms with E-state index in [0.717, 1.165) is 28.7 Å². The number of aryl methyl sites for hydroxylation is 2. The summed E-state index contributed by atoms with van der Waals surface area (Å²) in [6, 6.07) is 13.1. The molecule has 1 heterocycles. The van der Waals surface area contributed by atoms with Crippen LogP contribution in [0.15, 0.2) is 36.4 Å². The number of amidine groups is 1. The van der Waals surface area contributed by atoms with Gasteiger partial charge in [-0.25, -0.2) is 0 Å². The van der Waals surface area contributed by atoms with Crippen molar-refractivity contribution in [1.29, 1.82) is 10.7 Å². The molecule has 2 aliphatic rings. The summed E-state index contributed by atoms with van der Waals surface area (Å²) in [5.41, 5.74) is 4.03. The summed E-state index contributed by atoms with van der Waals surface area (Å²) in [7, 11) is 8.64. The molecule has 1 aliphatic carbocycles. The number of carbonyl (C=O) groups is 3. The number of nitrogens with one attached hydrogen (secondary N) is 3. The maximum Gasteiger partial charge on any atom is 0.253 e. The van der Waals surface area contributed by atoms with Gasteiger partial charge in [-0.1, -0.05) is 12.1 Å². The molecule has 3 N–H and O–H groups in total. The van der Waals surface area contributed by atoms with Crippen LogP contribution in [0.3, 0.4) is 0 Å². The van der Waals surface area contributed by atoms with Crippen molar-refractivity contribution < 1.29 is 14.4 Å². The lowest BCUT2D eigenvalue weighted by molar-refractivity contribution is -0.130. The maximum absolute atomic E-state index is 13.0. The molecule has 1 unspecified atom stereocenters. The Labute approximate surface area is 254 Å². The van der Waals surface area contributed by atoms with Crippen LogP contribution in [0.25, 0.3) is 0 Å². The Kier molecular flexibility index (Phi) is 9.55. The summed E-state index contributed by atoms with van der Waals surface area (Å²) in [4.78, 5) is 43.6. The fraction of sp³-hybridized carbons (Fsp3) is 0.485. The molecule has 0 saturated carbocycles. The summed E-state index contributed by atoms with van der Waals surface area (Å²) in [5, 5.41) is 25.3. The van der Waals surface area contributed by atoms with E-state index >= 15 is 0 Å². The molecule has 2 aromatic rings. The van der Waals surface area contributed by atoms with E-state index in [1.165, 1.54) is 0 Å². The fourth-order valence-corrected chi connectivity index (χ4v) is 6.53. The maximum atomic E-state index is 13.0. The molecular formula is C33H43N7O3. The van der Waals surface area contributed by atoms with Gasteiger partial charge in [-0.2, -0.15) is 5.26 Å². The fourth-order valence-electron chi connectivity index (χ4n) is 6.53. The normalized spacial score (nSPS) is 17.5. The molecule has 0 aromatic heterocycles. The third-order valence-corrected chi connectivity index (χ3v) is 8.71. The Hall–Kier alpha value is -4.23. The zero-order valence-corrected chi connectivity index (χ0v) is 26.1. The van der Waals surface area contributed by atoms with Crippen LogP contribution in [0, 0.1) is 16.7 Å². The number of carbonyl (C=O) groups excluding carboxylic acids is 3. The number of hydrogen-bond donors (Lipinski definition) is 3. The highest BCUT2D eigenvalue weighted by Gasteiger charge is 2.44. The van der Waals surface area contributed by atoms with Gasteiger partial charge in [0.2, 0.25) is 5.91 Å². The molecule has 0 bridgehead atoms. The van der Waals surface area contributed by atoms with Crippen molar-refractivity contribution in [2.75, 3.05) is 48.3 Å². The van der Waals surface area contributed by atoms with Gasteiger partial charge in [0.1, 0.15) is 11.9 Å². The largest absolute Gasteiger partial charge is 0.376 e. The molecule has 10 heteroatoms. The lowest BCUT2D eigenvalue weighted by Gasteiger charge is -2.39. The third kappa shape index (κ3) is 6.13. The van der Waals surface area contributed by atoms with Gasteiger partial charge >= 0.3 is 0 Å². The van der Waals surface area contributed by atoms with Crippen LogP contribution >= 0.6 is 0 Å². The Morgan fingerprint density at radius 1 is 1.02 bits per heavy atom. The number of likely N-dealkylation sites (N-methyl/N-ethyl adjacent to an activating group) is 1. The van der Waals surface area contributed by atoms with Gasteiger partial charge in [-0.15, -0.1) is 0 Å². The molecule has 228 valence electrons. The molecule has 3 amide bonds. The Morgan fingerprint density at radius 3 is 2.02 bits per heavy atom. The molecule has 1 saturated heterocycles. The summed E-state index contributed by atoms with van der Waals surface area (Å²) in [6.45, 7) is 2.68. The second-order valence-corrected chi connectivity index (χ2v) is 12.0. The summed E-state index contributed by atoms with van der Waals surface area (Å²) >= 11 is 0. The van der Waals surface area contributed by atoms with Crippen LogP contribution in [-0.4, -0.2) is 98.7 Å². The van der Waals surface area contributed by atoms with Crippen LogP contribution in [-0.2, 0) is 23.1 Å². The van der Waals surface area contributed by atoms with Crippen LogP contribution in [0.2, 0.25) is 0 Å². The number of rotatable bonds is 8. The number of nitrogens with zero attached hydrogens (tertiary/aromatic N) is 4. The average molecular weight is 586 g/mol. The van der Waals surface area contributed by atoms with Crippen molar-refractivity contribution in [2.45, 2.75) is 56.5 Å². The van der Waals surface area contributed by atoms with E-state index in [0.29, 0.717) is 49.2 Å². The first-order valence-corrected chi connectivity index (χ1v) is 14.8. The van der Waals surface area contributed by atoms with Crippen LogP contribution in [0.5, 0.6) is 0 Å². The molecule has 0 radical (unpaired) electrons. The molecule has 0 spiro atoms. The third-order valence-electron chi connectivity index (χ3n) is 8.71. The predicted octanol–water partition coefficient (Wildman–Crippen LogP) is 2.55. The molecule has 10 nitrogen and oxygen atoms in total. The van der Waals surface area contributed by atoms with E-state index < -0.39 is 5.41 Å². The number of benzene rings is 2. The van der Waals surface area contributed by atoms with E-state index in [9.17, 15) is 25.1 Å². The van der Waals surface area contributed by atoms with Crippen molar-refractivity contribution >= 4 is 23.6 Å². The highest BCUT2D eigenvalue weighted by atomic mass is 16.2. The minimum absolute atomic E-state index is 0.0918. The standard InChI is InChI=1S/C33H43N7O3/c1-21(37-20-29(41)40-15-7-8-26(40)19-34)18-33(32(35)36-2)27-13-11-24(30(42)38(3)4)16-22(27)9-10-23-17-25(12-14-28(23)33)31(43)39(5)6/h11-14,16-17,21,26,37H,7-10,15,18,20H2,1-6H3,(H2,35,36)/t21-,26?/m0/s1. The van der Waals surface area contributed by atoms with E-state index in [1.807, 2.05) is 43.3 Å². The quantitative estimate of drug-likeness (QED) is 0.322. The molecule has 4 rings (SSSR count). The van der Waals surface area contributed by atoms with Crippen LogP contribution in [0.4, 0.5) is 0 Å². The zero-order valence-electron chi connectivity index (χ0n) is 26.1. The summed E-state index contributed by atoms with van der Waals surface area (Å²) in [6.07, 6.45) is 3.25. The van der Waals surface area contributed by atoms with Crippen LogP contribution in [0.1, 0.15) is 69.2 Å². The van der Waals surface area contributed by atoms with Gasteiger partial charge in [-0.05, 0) is 85.5 Å². The van der Waals surface area contributed by atoms with E-state index in [2.05, 4.69) is 16.7 Å². The first-order chi connectivity index (χ1) is 20.4. The predicted molar refractivity (Wildman–Crippen MR) is 166 cm³/mol. The van der Waals surface area contributed by atoms with Crippen molar-refractivity contribution in [3.8, 4) is 6.07 Å². The topological polar surface area (TPSA) is 133 Å². The average Bonchev–Trinajstić information content (AvgIpc) is 3.44. The highest BCUT2D eigenvalue weighted by molar-refractivity contribution is 5.98. The lowest BCUT2D eigenvalue weighted by Crippen LogP contribution is -2.50. The number of likely N-dealkylation sites (tertiary alicyclic amines) is 1. The molecule has 2 atom stereocenters. The Morgan fingerprint density at radius 2 is 1.56 bits per heavy atom. The van der Waals surface area contributed by atoms with E-state index in [1.54, 1.807) is 49.9 Å². The second kappa shape index (κ2) is 13.0. The smallest absolute Gasteiger partial charge is 0.253 e. The number of amides is 3. The highest BCUT2D eigenvalue weighted by Crippen LogP contribution is 2.44. The second-order valence-electron chi connectivity index (χ2n) is 12.0. The zero-order chi connectivity index (χ0) is 31.5. The molecule has 1 aliphatic heterocycles. The lowest BCUT2D eigenvalue weighted by atomic mass is 9.67. The molecule has 43 heavy (non-hydrogen) atoms. The summed E-state index contributed by atoms with van der Waals surface area (Å²) in [5.74, 6) is 0.000955. The molecule has 1 fully saturated rings. The Bertz CT molecular complexity index is 1390. The monoisotopic (exact) mass is 585 g/mol. The van der Waals surface area contributed by atoms with Gasteiger partial charge in [0.15, 0.2) is 0 Å². The van der Waals surface area contributed by atoms with Crippen molar-refractivity contribution in [1.82, 2.24) is 25.3 Å². The van der Waals surface area contributed by atoms with E-state index in [-0.39, 0.29) is 36.3 Å².